The number of aldehydes is 1. The number of aromatic nitrogens is 1. The zero-order valence-corrected chi connectivity index (χ0v) is 41.1. The summed E-state index contributed by atoms with van der Waals surface area (Å²) in [4.78, 5) is 55.9. The highest BCUT2D eigenvalue weighted by molar-refractivity contribution is 8.76. The summed E-state index contributed by atoms with van der Waals surface area (Å²) in [6, 6.07) is 20.6. The van der Waals surface area contributed by atoms with E-state index in [1.807, 2.05) is 18.5 Å². The van der Waals surface area contributed by atoms with Gasteiger partial charge < -0.3 is 60.4 Å². The Morgan fingerprint density at radius 3 is 2.58 bits per heavy atom. The molecule has 1 saturated carbocycles. The summed E-state index contributed by atoms with van der Waals surface area (Å²) in [5.74, 6) is -2.97. The molecule has 1 aliphatic carbocycles. The van der Waals surface area contributed by atoms with E-state index >= 15 is 0 Å². The van der Waals surface area contributed by atoms with Gasteiger partial charge in [0.15, 0.2) is 23.6 Å². The monoisotopic (exact) mass is 1010 g/mol. The van der Waals surface area contributed by atoms with E-state index in [2.05, 4.69) is 59.0 Å². The molecule has 378 valence electrons. The molecule has 8 rings (SSSR count). The van der Waals surface area contributed by atoms with Gasteiger partial charge in [-0.1, -0.05) is 96.3 Å². The molecule has 9 N–H and O–H groups in total. The van der Waals surface area contributed by atoms with E-state index in [1.165, 1.54) is 107 Å². The number of carboxylic acids is 1. The van der Waals surface area contributed by atoms with Gasteiger partial charge in [-0.2, -0.15) is 0 Å². The third-order valence-corrected chi connectivity index (χ3v) is 16.3. The number of aryl methyl sites for hydroxylation is 1. The number of hydrogen-bond acceptors (Lipinski definition) is 15. The summed E-state index contributed by atoms with van der Waals surface area (Å²) in [6.07, 6.45) is 11.4. The highest BCUT2D eigenvalue weighted by Gasteiger charge is 2.69. The number of aliphatic carboxylic acids is 1. The van der Waals surface area contributed by atoms with Crippen molar-refractivity contribution in [3.63, 3.8) is 0 Å². The van der Waals surface area contributed by atoms with Crippen LogP contribution in [0.2, 0.25) is 0 Å². The van der Waals surface area contributed by atoms with Crippen molar-refractivity contribution in [1.82, 2.24) is 15.6 Å². The van der Waals surface area contributed by atoms with Gasteiger partial charge in [0, 0.05) is 36.8 Å². The van der Waals surface area contributed by atoms with Crippen LogP contribution in [0.25, 0.3) is 28.2 Å². The molecule has 0 unspecified atom stereocenters. The van der Waals surface area contributed by atoms with Gasteiger partial charge in [0.05, 0.1) is 10.9 Å². The number of amides is 1. The van der Waals surface area contributed by atoms with Crippen molar-refractivity contribution in [3.8, 4) is 22.6 Å². The lowest BCUT2D eigenvalue weighted by Crippen LogP contribution is -2.80. The first-order valence-electron chi connectivity index (χ1n) is 24.1. The quantitative estimate of drug-likeness (QED) is 0.0289. The van der Waals surface area contributed by atoms with E-state index < -0.39 is 59.3 Å². The summed E-state index contributed by atoms with van der Waals surface area (Å²) in [7, 11) is 2.74. The number of allylic oxidation sites excluding steroid dienone is 1. The minimum atomic E-state index is -2.61. The number of rotatable bonds is 16. The number of H-pyrrole nitrogens is 1. The van der Waals surface area contributed by atoms with Gasteiger partial charge in [0.1, 0.15) is 29.1 Å². The fraction of sp³-hybridized carbons (Fsp3) is 0.434. The number of ether oxygens (including phenoxy) is 3. The van der Waals surface area contributed by atoms with Crippen molar-refractivity contribution in [2.75, 3.05) is 31.3 Å². The maximum absolute atomic E-state index is 13.9. The average Bonchev–Trinajstić information content (AvgIpc) is 3.91. The highest BCUT2D eigenvalue weighted by Crippen LogP contribution is 2.45. The zero-order valence-electron chi connectivity index (χ0n) is 39.5. The molecule has 16 nitrogen and oxygen atoms in total. The maximum atomic E-state index is 13.9. The molecular weight excluding hydrogens is 949 g/mol. The molecule has 0 bridgehead atoms. The Morgan fingerprint density at radius 2 is 1.85 bits per heavy atom. The molecule has 18 heteroatoms. The largest absolute Gasteiger partial charge is 0.508 e. The molecule has 0 radical (unpaired) electrons. The molecule has 4 heterocycles. The molecule has 8 atom stereocenters. The van der Waals surface area contributed by atoms with Crippen LogP contribution in [0.15, 0.2) is 100 Å². The fourth-order valence-corrected chi connectivity index (χ4v) is 12.3. The Kier molecular flexibility index (Phi) is 17.1. The number of fused-ring (bicyclic) bond motifs is 2. The van der Waals surface area contributed by atoms with Crippen LogP contribution in [0.1, 0.15) is 85.0 Å². The number of aromatic hydroxyl groups is 1. The number of nitrogens with two attached hydrogens (primary N) is 1. The van der Waals surface area contributed by atoms with Crippen LogP contribution in [0.5, 0.6) is 11.5 Å². The van der Waals surface area contributed by atoms with E-state index in [0.717, 1.165) is 24.9 Å². The number of nitrogens with one attached hydrogen (secondary N) is 3. The van der Waals surface area contributed by atoms with Gasteiger partial charge in [0.2, 0.25) is 17.5 Å². The summed E-state index contributed by atoms with van der Waals surface area (Å²) >= 11 is 0. The number of β-amino-alcohol motifs (C(OH)–C–C–N with tert-alkyl or cyclic N) is 1. The zero-order chi connectivity index (χ0) is 50.1. The number of primary amides is 1. The number of aliphatic hydroxyl groups is 2. The first-order chi connectivity index (χ1) is 34.3. The van der Waals surface area contributed by atoms with Crippen LogP contribution in [0, 0.1) is 11.8 Å². The molecule has 0 spiro atoms. The summed E-state index contributed by atoms with van der Waals surface area (Å²) in [5.41, 5.74) is 3.38. The van der Waals surface area contributed by atoms with Crippen molar-refractivity contribution in [2.45, 2.75) is 100.0 Å². The lowest BCUT2D eigenvalue weighted by Gasteiger charge is -2.53. The molecule has 5 aromatic rings. The Labute approximate surface area is 419 Å². The van der Waals surface area contributed by atoms with E-state index in [9.17, 15) is 39.6 Å². The number of carboxylic acid groups (broad SMARTS) is 1. The second-order valence-corrected chi connectivity index (χ2v) is 21.2. The van der Waals surface area contributed by atoms with Crippen molar-refractivity contribution in [2.24, 2.45) is 17.6 Å². The predicted octanol–water partition coefficient (Wildman–Crippen LogP) is 6.76. The van der Waals surface area contributed by atoms with Gasteiger partial charge in [-0.15, -0.1) is 0 Å². The number of phenolic OH excluding ortho intramolecular Hbond substituents is 1. The number of phenols is 1. The van der Waals surface area contributed by atoms with E-state index in [-0.39, 0.29) is 63.6 Å². The van der Waals surface area contributed by atoms with Crippen LogP contribution in [-0.2, 0) is 25.5 Å². The van der Waals surface area contributed by atoms with Gasteiger partial charge in [-0.3, -0.25) is 14.4 Å². The SMILES string of the molecule is C[C@H](C/C=C/c1ccccc1CCCNC1CCCCC1)[C@H]1CNC[C@]2(O)[C@H](Oc3ccc4c(=O)c(-c5ccc(O)cc5)c(C(N)=O)oc4c3)O[C@H](C(=O)O)[C@@H](O)[C@]2(C=O)OCSSC[C@@H]1c1cc[nH]c1. The Morgan fingerprint density at radius 1 is 1.06 bits per heavy atom. The smallest absolute Gasteiger partial charge is 0.335 e. The summed E-state index contributed by atoms with van der Waals surface area (Å²) in [6.45, 7) is 2.99. The van der Waals surface area contributed by atoms with Crippen LogP contribution < -0.4 is 26.5 Å². The number of carbonyl (C=O) groups is 3. The lowest BCUT2D eigenvalue weighted by atomic mass is 9.73. The molecule has 1 amide bonds. The summed E-state index contributed by atoms with van der Waals surface area (Å²) in [5, 5.41) is 52.0. The van der Waals surface area contributed by atoms with Crippen LogP contribution in [-0.4, -0.2) is 111 Å². The van der Waals surface area contributed by atoms with E-state index in [1.54, 1.807) is 0 Å². The maximum Gasteiger partial charge on any atom is 0.335 e. The second kappa shape index (κ2) is 23.4. The second-order valence-electron chi connectivity index (χ2n) is 18.7. The highest BCUT2D eigenvalue weighted by atomic mass is 33.1. The number of carbonyl (C=O) groups excluding carboxylic acids is 2. The van der Waals surface area contributed by atoms with E-state index in [4.69, 9.17) is 24.4 Å². The Hall–Kier alpha value is -5.44. The van der Waals surface area contributed by atoms with Crippen LogP contribution in [0.3, 0.4) is 0 Å². The molecule has 2 aromatic heterocycles. The number of aliphatic hydroxyl groups excluding tert-OH is 1. The van der Waals surface area contributed by atoms with Crippen molar-refractivity contribution < 1.29 is 53.4 Å². The Bertz CT molecular complexity index is 2710. The molecular formula is C53H62N4O12S2. The Balaban J connectivity index is 1.07. The normalized spacial score (nSPS) is 26.2. The van der Waals surface area contributed by atoms with Crippen LogP contribution >= 0.6 is 21.6 Å². The van der Waals surface area contributed by atoms with Crippen molar-refractivity contribution in [3.05, 3.63) is 124 Å². The number of benzene rings is 3. The van der Waals surface area contributed by atoms with Crippen molar-refractivity contribution >= 4 is 56.8 Å². The molecule has 71 heavy (non-hydrogen) atoms. The van der Waals surface area contributed by atoms with Crippen LogP contribution in [0.4, 0.5) is 0 Å². The standard InChI is InChI=1S/C53H62N4O12S2/c1-32(9-7-12-33-10-5-6-11-34(33)13-8-23-57-37-14-3-2-4-15-37)41-27-56-29-52(65)51(69-47(50(63)64)48(61)53(52,30-58)66-31-71-70-28-42(41)36-22-24-55-26-36)67-39-20-21-40-43(25-39)68-46(49(54)62)44(45(40)60)35-16-18-38(59)19-17-35/h5-7,10-12,16-22,24-26,30,32,37,41-42,47-48,51,55-57,59,61,65H,2-4,8-9,13-15,23,27-29,31H2,1H3,(H2,54,62)(H,63,64)/b12-7+/t32-,41-,42-,47+,48-,51-,52+,53+/m1/s1. The third-order valence-electron chi connectivity index (χ3n) is 14.2. The topological polar surface area (TPSA) is 256 Å². The van der Waals surface area contributed by atoms with Gasteiger partial charge in [0.25, 0.3) is 5.91 Å². The molecule has 3 aliphatic rings. The molecule has 2 aliphatic heterocycles. The number of aromatic amines is 1. The average molecular weight is 1010 g/mol. The van der Waals surface area contributed by atoms with E-state index in [0.29, 0.717) is 24.8 Å². The molecule has 3 aromatic carbocycles. The minimum Gasteiger partial charge on any atom is -0.508 e. The fourth-order valence-electron chi connectivity index (χ4n) is 10.3. The minimum absolute atomic E-state index is 0.00670. The van der Waals surface area contributed by atoms with Crippen molar-refractivity contribution in [1.29, 1.82) is 0 Å². The first-order valence-corrected chi connectivity index (χ1v) is 26.6. The predicted molar refractivity (Wildman–Crippen MR) is 273 cm³/mol. The molecule has 2 saturated heterocycles. The van der Waals surface area contributed by atoms with Gasteiger partial charge >= 0.3 is 5.97 Å². The third kappa shape index (κ3) is 11.4. The lowest BCUT2D eigenvalue weighted by molar-refractivity contribution is -0.340. The first kappa shape index (κ1) is 51.9. The summed E-state index contributed by atoms with van der Waals surface area (Å²) < 4.78 is 24.2. The van der Waals surface area contributed by atoms with Gasteiger partial charge in [-0.25, -0.2) is 4.79 Å². The number of hydrogen-bond donors (Lipinski definition) is 8. The van der Waals surface area contributed by atoms with Gasteiger partial charge in [-0.05, 0) is 116 Å². The molecule has 3 fully saturated rings.